The SMILES string of the molecule is C[C@H](c1ccccc1)N([C@H](C)c1ccccc1)p1oc2c(-c3c4ccccc4cc4ccccc34)cc3ccccc3c2c2c(o1)c(-c1c3ccccc3cc3ccccc13)cc1ccccc12.[Cl][Au]. The Labute approximate surface area is 423 Å². The summed E-state index contributed by atoms with van der Waals surface area (Å²) < 4.78 is 18.6. The maximum absolute atomic E-state index is 8.06. The molecule has 70 heavy (non-hydrogen) atoms. The van der Waals surface area contributed by atoms with Crippen molar-refractivity contribution < 1.29 is 28.4 Å². The van der Waals surface area contributed by atoms with E-state index in [1.54, 1.807) is 20.0 Å². The van der Waals surface area contributed by atoms with Crippen LogP contribution in [0.25, 0.3) is 109 Å². The van der Waals surface area contributed by atoms with Gasteiger partial charge in [0.15, 0.2) is 11.2 Å². The second-order valence-corrected chi connectivity index (χ2v) is 19.4. The van der Waals surface area contributed by atoms with Gasteiger partial charge in [-0.15, -0.1) is 0 Å². The molecule has 0 aliphatic carbocycles. The van der Waals surface area contributed by atoms with Crippen molar-refractivity contribution in [3.63, 3.8) is 0 Å². The van der Waals surface area contributed by atoms with Crippen molar-refractivity contribution in [2.75, 3.05) is 4.67 Å². The topological polar surface area (TPSA) is 29.5 Å². The quantitative estimate of drug-likeness (QED) is 0.118. The Morgan fingerprint density at radius 3 is 0.957 bits per heavy atom. The Kier molecular flexibility index (Phi) is 11.9. The molecule has 2 atom stereocenters. The summed E-state index contributed by atoms with van der Waals surface area (Å²) in [4.78, 5) is 0. The van der Waals surface area contributed by atoms with Gasteiger partial charge in [-0.25, -0.2) is 0 Å². The molecule has 0 unspecified atom stereocenters. The molecule has 342 valence electrons. The molecule has 12 aromatic carbocycles. The summed E-state index contributed by atoms with van der Waals surface area (Å²) in [5, 5.41) is 16.0. The van der Waals surface area contributed by atoms with E-state index in [4.69, 9.17) is 8.39 Å². The molecule has 6 heteroatoms. The average molecular weight is 1120 g/mol. The number of hydrogen-bond donors (Lipinski definition) is 0. The van der Waals surface area contributed by atoms with Crippen LogP contribution in [0.4, 0.5) is 0 Å². The first-order chi connectivity index (χ1) is 34.6. The maximum atomic E-state index is 8.06. The molecular weight excluding hydrogens is 1080 g/mol. The van der Waals surface area contributed by atoms with E-state index < -0.39 is 8.16 Å². The van der Waals surface area contributed by atoms with E-state index in [1.165, 1.54) is 54.2 Å². The molecule has 0 saturated heterocycles. The molecule has 0 aliphatic rings. The van der Waals surface area contributed by atoms with Crippen molar-refractivity contribution in [3.05, 3.63) is 242 Å². The molecule has 0 amide bonds. The van der Waals surface area contributed by atoms with Crippen LogP contribution >= 0.6 is 17.4 Å². The van der Waals surface area contributed by atoms with Gasteiger partial charge < -0.3 is 8.39 Å². The van der Waals surface area contributed by atoms with E-state index in [0.29, 0.717) is 0 Å². The van der Waals surface area contributed by atoms with Gasteiger partial charge in [0.25, 0.3) is 0 Å². The van der Waals surface area contributed by atoms with Crippen molar-refractivity contribution in [2.24, 2.45) is 0 Å². The second kappa shape index (κ2) is 18.8. The van der Waals surface area contributed by atoms with Gasteiger partial charge >= 0.3 is 37.3 Å². The molecule has 0 spiro atoms. The van der Waals surface area contributed by atoms with Gasteiger partial charge in [-0.2, -0.15) is 4.67 Å². The van der Waals surface area contributed by atoms with Crippen LogP contribution in [-0.4, -0.2) is 0 Å². The summed E-state index contributed by atoms with van der Waals surface area (Å²) in [7, 11) is 2.66. The zero-order valence-electron chi connectivity index (χ0n) is 38.5. The summed E-state index contributed by atoms with van der Waals surface area (Å²) in [5.41, 5.74) is 8.41. The first-order valence-electron chi connectivity index (χ1n) is 23.7. The van der Waals surface area contributed by atoms with Gasteiger partial charge in [-0.3, -0.25) is 0 Å². The van der Waals surface area contributed by atoms with Crippen LogP contribution < -0.4 is 4.67 Å². The number of halogens is 1. The van der Waals surface area contributed by atoms with Crippen LogP contribution in [0.3, 0.4) is 0 Å². The first-order valence-corrected chi connectivity index (χ1v) is 27.5. The predicted octanol–water partition coefficient (Wildman–Crippen LogP) is 19.7. The summed E-state index contributed by atoms with van der Waals surface area (Å²) in [6.45, 7) is 4.60. The molecule has 0 N–H and O–H groups in total. The van der Waals surface area contributed by atoms with Gasteiger partial charge in [-0.1, -0.05) is 206 Å². The number of fused-ring (bicyclic) bond motifs is 11. The molecule has 0 bridgehead atoms. The molecule has 0 radical (unpaired) electrons. The van der Waals surface area contributed by atoms with Crippen molar-refractivity contribution in [1.29, 1.82) is 0 Å². The average Bonchev–Trinajstić information content (AvgIpc) is 3.60. The van der Waals surface area contributed by atoms with Gasteiger partial charge in [0, 0.05) is 45.1 Å². The Balaban J connectivity index is 0.00000249. The Hall–Kier alpha value is -6.91. The summed E-state index contributed by atoms with van der Waals surface area (Å²) in [6.07, 6.45) is 0. The molecule has 0 saturated carbocycles. The fourth-order valence-corrected chi connectivity index (χ4v) is 12.7. The van der Waals surface area contributed by atoms with Crippen LogP contribution in [-0.2, 0) is 20.0 Å². The number of benzene rings is 12. The van der Waals surface area contributed by atoms with Crippen LogP contribution in [0.2, 0.25) is 0 Å². The minimum absolute atomic E-state index is 0.105. The third-order valence-corrected chi connectivity index (χ3v) is 16.0. The van der Waals surface area contributed by atoms with Crippen LogP contribution in [0.5, 0.6) is 0 Å². The first kappa shape index (κ1) is 44.3. The van der Waals surface area contributed by atoms with E-state index in [2.05, 4.69) is 258 Å². The zero-order chi connectivity index (χ0) is 47.3. The fourth-order valence-electron chi connectivity index (χ4n) is 11.0. The van der Waals surface area contributed by atoms with Crippen molar-refractivity contribution >= 4 is 104 Å². The van der Waals surface area contributed by atoms with Gasteiger partial charge in [-0.05, 0) is 114 Å². The van der Waals surface area contributed by atoms with E-state index in [0.717, 1.165) is 65.7 Å². The standard InChI is InChI=1S/C64H46NO2P.Au.ClH/c1-41(43-21-5-3-6-22-43)65(42(2)44-23-7-4-8-24-44)68-66-63-57(59-51-31-15-9-25-45(51)37-46-26-10-16-32-52(46)59)39-49-29-13-19-35-55(49)61(63)62-56-36-20-14-30-50(56)40-58(64(62)67-68)60-53-33-17-11-27-47(53)38-48-28-12-18-34-54(48)60;;/h3-42H,1-2H3;;1H/q;+1;/p-1/t41-,42-;;/m1../s1. The number of rotatable bonds is 7. The van der Waals surface area contributed by atoms with E-state index in [1.807, 2.05) is 0 Å². The third kappa shape index (κ3) is 7.54. The summed E-state index contributed by atoms with van der Waals surface area (Å²) in [6, 6.07) is 83.7. The molecule has 0 aliphatic heterocycles. The van der Waals surface area contributed by atoms with Crippen molar-refractivity contribution in [3.8, 4) is 22.3 Å². The van der Waals surface area contributed by atoms with Crippen LogP contribution in [0, 0.1) is 0 Å². The zero-order valence-corrected chi connectivity index (χ0v) is 42.3. The van der Waals surface area contributed by atoms with Crippen molar-refractivity contribution in [1.82, 2.24) is 0 Å². The van der Waals surface area contributed by atoms with E-state index in [-0.39, 0.29) is 12.1 Å². The second-order valence-electron chi connectivity index (χ2n) is 18.1. The van der Waals surface area contributed by atoms with E-state index in [9.17, 15) is 0 Å². The van der Waals surface area contributed by atoms with E-state index >= 15 is 0 Å². The van der Waals surface area contributed by atoms with Crippen LogP contribution in [0.15, 0.2) is 239 Å². The Bertz CT molecular complexity index is 3780. The number of nitrogens with zero attached hydrogens (tertiary/aromatic N) is 1. The normalized spacial score (nSPS) is 12.6. The molecule has 13 aromatic rings. The summed E-state index contributed by atoms with van der Waals surface area (Å²) in [5.74, 6) is 0. The molecule has 1 heterocycles. The Morgan fingerprint density at radius 1 is 0.357 bits per heavy atom. The molecule has 13 rings (SSSR count). The molecule has 3 nitrogen and oxygen atoms in total. The molecule has 0 fully saturated rings. The monoisotopic (exact) mass is 1120 g/mol. The fraction of sp³-hybridized carbons (Fsp3) is 0.0625. The Morgan fingerprint density at radius 2 is 0.629 bits per heavy atom. The van der Waals surface area contributed by atoms with Crippen molar-refractivity contribution in [2.45, 2.75) is 25.9 Å². The van der Waals surface area contributed by atoms with Gasteiger partial charge in [0.2, 0.25) is 0 Å². The van der Waals surface area contributed by atoms with Crippen LogP contribution in [0.1, 0.15) is 37.1 Å². The molecule has 1 aromatic heterocycles. The molecular formula is C64H46AuClNO2P. The van der Waals surface area contributed by atoms with Gasteiger partial charge in [0.05, 0.1) is 0 Å². The van der Waals surface area contributed by atoms with Gasteiger partial charge in [0.1, 0.15) is 0 Å². The third-order valence-electron chi connectivity index (χ3n) is 14.2. The predicted molar refractivity (Wildman–Crippen MR) is 296 cm³/mol. The minimum atomic E-state index is -1.92. The number of hydrogen-bond acceptors (Lipinski definition) is 3. The summed E-state index contributed by atoms with van der Waals surface area (Å²) >= 11 is 1.75.